The molecule has 1 saturated heterocycles. The summed E-state index contributed by atoms with van der Waals surface area (Å²) in [6.07, 6.45) is 2.89. The summed E-state index contributed by atoms with van der Waals surface area (Å²) in [5.41, 5.74) is 1.40. The Morgan fingerprint density at radius 3 is 2.92 bits per heavy atom. The van der Waals surface area contributed by atoms with Crippen LogP contribution in [-0.4, -0.2) is 53.6 Å². The largest absolute Gasteiger partial charge is 0.465 e. The van der Waals surface area contributed by atoms with Gasteiger partial charge in [-0.05, 0) is 18.6 Å². The van der Waals surface area contributed by atoms with Crippen LogP contribution >= 0.6 is 0 Å². The van der Waals surface area contributed by atoms with E-state index >= 15 is 0 Å². The van der Waals surface area contributed by atoms with Crippen molar-refractivity contribution in [3.05, 3.63) is 46.9 Å². The molecule has 2 aromatic heterocycles. The first-order valence-electron chi connectivity index (χ1n) is 8.55. The Balaban J connectivity index is 1.47. The second kappa shape index (κ2) is 6.87. The minimum atomic E-state index is -0.481. The van der Waals surface area contributed by atoms with Crippen molar-refractivity contribution in [1.29, 1.82) is 0 Å². The van der Waals surface area contributed by atoms with Gasteiger partial charge < -0.3 is 18.8 Å². The van der Waals surface area contributed by atoms with Gasteiger partial charge in [-0.25, -0.2) is 9.78 Å². The molecule has 0 radical (unpaired) electrons. The van der Waals surface area contributed by atoms with Crippen LogP contribution in [0.15, 0.2) is 22.7 Å². The van der Waals surface area contributed by atoms with Gasteiger partial charge in [0.25, 0.3) is 5.91 Å². The summed E-state index contributed by atoms with van der Waals surface area (Å²) in [4.78, 5) is 34.5. The molecule has 0 spiro atoms. The smallest absolute Gasteiger partial charge is 0.339 e. The number of amides is 1. The summed E-state index contributed by atoms with van der Waals surface area (Å²) >= 11 is 0. The Bertz CT molecular complexity index is 824. The van der Waals surface area contributed by atoms with E-state index in [-0.39, 0.29) is 17.5 Å². The maximum atomic E-state index is 12.7. The van der Waals surface area contributed by atoms with E-state index in [0.29, 0.717) is 37.6 Å². The fourth-order valence-electron chi connectivity index (χ4n) is 3.22. The Morgan fingerprint density at radius 2 is 2.23 bits per heavy atom. The lowest BCUT2D eigenvalue weighted by atomic mass is 10.1. The summed E-state index contributed by atoms with van der Waals surface area (Å²) in [5.74, 6) is 1.09. The summed E-state index contributed by atoms with van der Waals surface area (Å²) in [5, 5.41) is 0. The Kier molecular flexibility index (Phi) is 4.42. The molecule has 1 fully saturated rings. The fourth-order valence-corrected chi connectivity index (χ4v) is 3.22. The summed E-state index contributed by atoms with van der Waals surface area (Å²) in [6.45, 7) is 2.31. The SMILES string of the molecule is COC(=O)c1ccc(C(=O)N2CCc3oc(C4CCOC4)nc3C2)nc1. The van der Waals surface area contributed by atoms with Gasteiger partial charge in [0.1, 0.15) is 17.1 Å². The number of ether oxygens (including phenoxy) is 2. The van der Waals surface area contributed by atoms with E-state index < -0.39 is 5.97 Å². The van der Waals surface area contributed by atoms with Crippen LogP contribution in [0.25, 0.3) is 0 Å². The molecule has 4 rings (SSSR count). The zero-order valence-corrected chi connectivity index (χ0v) is 14.4. The Labute approximate surface area is 150 Å². The molecule has 0 aromatic carbocycles. The van der Waals surface area contributed by atoms with Crippen LogP contribution in [0.1, 0.15) is 50.5 Å². The zero-order chi connectivity index (χ0) is 18.1. The Morgan fingerprint density at radius 1 is 1.35 bits per heavy atom. The molecule has 0 bridgehead atoms. The molecule has 136 valence electrons. The lowest BCUT2D eigenvalue weighted by molar-refractivity contribution is 0.0598. The minimum Gasteiger partial charge on any atom is -0.465 e. The quantitative estimate of drug-likeness (QED) is 0.769. The van der Waals surface area contributed by atoms with Gasteiger partial charge in [-0.1, -0.05) is 0 Å². The third-order valence-corrected chi connectivity index (χ3v) is 4.71. The second-order valence-corrected chi connectivity index (χ2v) is 6.38. The van der Waals surface area contributed by atoms with Gasteiger partial charge in [-0.2, -0.15) is 0 Å². The van der Waals surface area contributed by atoms with Crippen LogP contribution in [-0.2, 0) is 22.4 Å². The van der Waals surface area contributed by atoms with Crippen molar-refractivity contribution < 1.29 is 23.5 Å². The molecule has 1 amide bonds. The molecule has 0 aliphatic carbocycles. The van der Waals surface area contributed by atoms with Crippen LogP contribution in [0.4, 0.5) is 0 Å². The van der Waals surface area contributed by atoms with E-state index in [0.717, 1.165) is 24.5 Å². The molecule has 0 saturated carbocycles. The number of oxazole rings is 1. The van der Waals surface area contributed by atoms with Gasteiger partial charge in [0.05, 0.1) is 31.7 Å². The highest BCUT2D eigenvalue weighted by Gasteiger charge is 2.30. The highest BCUT2D eigenvalue weighted by atomic mass is 16.5. The van der Waals surface area contributed by atoms with E-state index in [1.165, 1.54) is 25.4 Å². The molecule has 2 aliphatic heterocycles. The van der Waals surface area contributed by atoms with Crippen molar-refractivity contribution >= 4 is 11.9 Å². The Hall–Kier alpha value is -2.74. The standard InChI is InChI=1S/C18H19N3O5/c1-24-18(23)11-2-3-13(19-8-11)17(22)21-6-4-15-14(9-21)20-16(26-15)12-5-7-25-10-12/h2-3,8,12H,4-7,9-10H2,1H3. The molecule has 1 unspecified atom stereocenters. The number of rotatable bonds is 3. The van der Waals surface area contributed by atoms with E-state index in [9.17, 15) is 9.59 Å². The van der Waals surface area contributed by atoms with Crippen LogP contribution in [0.3, 0.4) is 0 Å². The third-order valence-electron chi connectivity index (χ3n) is 4.71. The van der Waals surface area contributed by atoms with Crippen LogP contribution in [0.5, 0.6) is 0 Å². The summed E-state index contributed by atoms with van der Waals surface area (Å²) < 4.78 is 15.9. The van der Waals surface area contributed by atoms with Gasteiger partial charge in [0.2, 0.25) is 0 Å². The minimum absolute atomic E-state index is 0.194. The van der Waals surface area contributed by atoms with Crippen molar-refractivity contribution in [2.45, 2.75) is 25.3 Å². The number of aromatic nitrogens is 2. The maximum absolute atomic E-state index is 12.7. The van der Waals surface area contributed by atoms with Crippen LogP contribution < -0.4 is 0 Å². The van der Waals surface area contributed by atoms with Gasteiger partial charge in [-0.3, -0.25) is 9.78 Å². The number of carbonyl (C=O) groups excluding carboxylic acids is 2. The molecule has 26 heavy (non-hydrogen) atoms. The average molecular weight is 357 g/mol. The first-order chi connectivity index (χ1) is 12.7. The van der Waals surface area contributed by atoms with Crippen molar-refractivity contribution in [3.8, 4) is 0 Å². The van der Waals surface area contributed by atoms with Crippen LogP contribution in [0, 0.1) is 0 Å². The van der Waals surface area contributed by atoms with Gasteiger partial charge in [0.15, 0.2) is 5.89 Å². The molecule has 0 N–H and O–H groups in total. The summed E-state index contributed by atoms with van der Waals surface area (Å²) in [7, 11) is 1.30. The number of methoxy groups -OCH3 is 1. The van der Waals surface area contributed by atoms with E-state index in [4.69, 9.17) is 9.15 Å². The van der Waals surface area contributed by atoms with Gasteiger partial charge in [-0.15, -0.1) is 0 Å². The number of pyridine rings is 1. The molecular formula is C18H19N3O5. The van der Waals surface area contributed by atoms with Gasteiger partial charge in [0, 0.05) is 25.8 Å². The molecule has 8 heteroatoms. The lowest BCUT2D eigenvalue weighted by Crippen LogP contribution is -2.36. The topological polar surface area (TPSA) is 94.8 Å². The molecule has 4 heterocycles. The zero-order valence-electron chi connectivity index (χ0n) is 14.4. The molecule has 2 aliphatic rings. The molecule has 2 aromatic rings. The third kappa shape index (κ3) is 3.08. The number of fused-ring (bicyclic) bond motifs is 1. The predicted octanol–water partition coefficient (Wildman–Crippen LogP) is 1.56. The number of hydrogen-bond donors (Lipinski definition) is 0. The second-order valence-electron chi connectivity index (χ2n) is 6.38. The van der Waals surface area contributed by atoms with Crippen molar-refractivity contribution in [3.63, 3.8) is 0 Å². The number of esters is 1. The molecule has 1 atom stereocenters. The van der Waals surface area contributed by atoms with Crippen molar-refractivity contribution in [2.75, 3.05) is 26.9 Å². The predicted molar refractivity (Wildman–Crippen MR) is 88.7 cm³/mol. The lowest BCUT2D eigenvalue weighted by Gasteiger charge is -2.24. The van der Waals surface area contributed by atoms with Gasteiger partial charge >= 0.3 is 5.97 Å². The van der Waals surface area contributed by atoms with Crippen LogP contribution in [0.2, 0.25) is 0 Å². The fraction of sp³-hybridized carbons (Fsp3) is 0.444. The monoisotopic (exact) mass is 357 g/mol. The van der Waals surface area contributed by atoms with E-state index in [2.05, 4.69) is 14.7 Å². The van der Waals surface area contributed by atoms with E-state index in [1.54, 1.807) is 4.90 Å². The number of carbonyl (C=O) groups is 2. The molecule has 8 nitrogen and oxygen atoms in total. The molecular weight excluding hydrogens is 338 g/mol. The van der Waals surface area contributed by atoms with Crippen molar-refractivity contribution in [1.82, 2.24) is 14.9 Å². The maximum Gasteiger partial charge on any atom is 0.339 e. The average Bonchev–Trinajstić information content (AvgIpc) is 3.35. The first kappa shape index (κ1) is 16.7. The first-order valence-corrected chi connectivity index (χ1v) is 8.55. The van der Waals surface area contributed by atoms with Crippen molar-refractivity contribution in [2.24, 2.45) is 0 Å². The normalized spacial score (nSPS) is 19.3. The highest BCUT2D eigenvalue weighted by molar-refractivity contribution is 5.94. The summed E-state index contributed by atoms with van der Waals surface area (Å²) in [6, 6.07) is 3.07. The highest BCUT2D eigenvalue weighted by Crippen LogP contribution is 2.29. The van der Waals surface area contributed by atoms with E-state index in [1.807, 2.05) is 0 Å². The number of nitrogens with zero attached hydrogens (tertiary/aromatic N) is 3. The number of hydrogen-bond acceptors (Lipinski definition) is 7.